The Balaban J connectivity index is 1.50. The van der Waals surface area contributed by atoms with E-state index >= 15 is 0 Å². The van der Waals surface area contributed by atoms with E-state index in [9.17, 15) is 4.79 Å². The number of amides is 1. The molecule has 27 heavy (non-hydrogen) atoms. The number of carbonyl (C=O) groups is 1. The van der Waals surface area contributed by atoms with Gasteiger partial charge in [-0.1, -0.05) is 30.3 Å². The molecule has 1 aromatic heterocycles. The van der Waals surface area contributed by atoms with Crippen LogP contribution in [0.2, 0.25) is 0 Å². The number of ether oxygens (including phenoxy) is 1. The van der Waals surface area contributed by atoms with Crippen LogP contribution in [0.5, 0.6) is 0 Å². The number of benzene rings is 1. The number of fused-ring (bicyclic) bond motifs is 2. The summed E-state index contributed by atoms with van der Waals surface area (Å²) in [4.78, 5) is 24.4. The first-order chi connectivity index (χ1) is 13.1. The monoisotopic (exact) mass is 363 g/mol. The van der Waals surface area contributed by atoms with E-state index < -0.39 is 0 Å². The van der Waals surface area contributed by atoms with Gasteiger partial charge < -0.3 is 9.64 Å². The van der Waals surface area contributed by atoms with E-state index in [1.165, 1.54) is 12.8 Å². The zero-order valence-electron chi connectivity index (χ0n) is 15.8. The van der Waals surface area contributed by atoms with Gasteiger partial charge in [0.15, 0.2) is 5.82 Å². The van der Waals surface area contributed by atoms with E-state index in [1.54, 1.807) is 0 Å². The summed E-state index contributed by atoms with van der Waals surface area (Å²) in [5.74, 6) is 1.70. The number of likely N-dealkylation sites (tertiary alicyclic amines) is 1. The van der Waals surface area contributed by atoms with Gasteiger partial charge >= 0.3 is 0 Å². The highest BCUT2D eigenvalue weighted by molar-refractivity contribution is 5.77. The fourth-order valence-corrected chi connectivity index (χ4v) is 4.44. The van der Waals surface area contributed by atoms with Crippen molar-refractivity contribution in [1.82, 2.24) is 14.9 Å². The Morgan fingerprint density at radius 3 is 2.85 bits per heavy atom. The Labute approximate surface area is 159 Å². The number of hydrogen-bond donors (Lipinski definition) is 0. The lowest BCUT2D eigenvalue weighted by Crippen LogP contribution is -2.42. The third-order valence-electron chi connectivity index (χ3n) is 6.24. The molecule has 0 N–H and O–H groups in total. The molecule has 1 unspecified atom stereocenters. The molecule has 2 aromatic rings. The van der Waals surface area contributed by atoms with Gasteiger partial charge in [-0.3, -0.25) is 4.79 Å². The second-order valence-corrected chi connectivity index (χ2v) is 8.31. The van der Waals surface area contributed by atoms with E-state index in [4.69, 9.17) is 14.7 Å². The largest absolute Gasteiger partial charge is 0.376 e. The van der Waals surface area contributed by atoms with Gasteiger partial charge in [-0.05, 0) is 32.1 Å². The Morgan fingerprint density at radius 1 is 1.26 bits per heavy atom. The molecule has 1 saturated carbocycles. The van der Waals surface area contributed by atoms with Crippen molar-refractivity contribution in [3.63, 3.8) is 0 Å². The van der Waals surface area contributed by atoms with Crippen molar-refractivity contribution < 1.29 is 9.53 Å². The van der Waals surface area contributed by atoms with Crippen LogP contribution < -0.4 is 0 Å². The Kier molecular flexibility index (Phi) is 4.01. The summed E-state index contributed by atoms with van der Waals surface area (Å²) in [7, 11) is 0. The number of rotatable bonds is 3. The van der Waals surface area contributed by atoms with E-state index in [0.29, 0.717) is 31.5 Å². The average Bonchev–Trinajstić information content (AvgIpc) is 3.40. The third-order valence-corrected chi connectivity index (χ3v) is 6.24. The van der Waals surface area contributed by atoms with Crippen molar-refractivity contribution in [3.8, 4) is 11.4 Å². The fourth-order valence-electron chi connectivity index (χ4n) is 4.44. The van der Waals surface area contributed by atoms with Crippen molar-refractivity contribution in [1.29, 1.82) is 0 Å². The number of aromatic nitrogens is 2. The van der Waals surface area contributed by atoms with Gasteiger partial charge in [-0.15, -0.1) is 0 Å². The third kappa shape index (κ3) is 3.04. The number of hydrogen-bond acceptors (Lipinski definition) is 4. The SMILES string of the molecule is Cc1nc(-c2ccccc2)nc2c1COCC21CCN(C(=O)CC2CC2)C1. The Morgan fingerprint density at radius 2 is 2.07 bits per heavy atom. The van der Waals surface area contributed by atoms with Crippen molar-refractivity contribution >= 4 is 5.91 Å². The van der Waals surface area contributed by atoms with Gasteiger partial charge in [0.2, 0.25) is 5.91 Å². The van der Waals surface area contributed by atoms with E-state index in [-0.39, 0.29) is 5.41 Å². The molecule has 1 amide bonds. The van der Waals surface area contributed by atoms with Crippen molar-refractivity contribution in [2.45, 2.75) is 44.6 Å². The molecule has 5 nitrogen and oxygen atoms in total. The first kappa shape index (κ1) is 16.9. The summed E-state index contributed by atoms with van der Waals surface area (Å²) < 4.78 is 5.96. The molecule has 1 aliphatic carbocycles. The van der Waals surface area contributed by atoms with Crippen LogP contribution in [0.25, 0.3) is 11.4 Å². The molecule has 5 heteroatoms. The predicted octanol–water partition coefficient (Wildman–Crippen LogP) is 3.25. The molecule has 1 atom stereocenters. The maximum atomic E-state index is 12.6. The van der Waals surface area contributed by atoms with Crippen LogP contribution in [0.1, 0.15) is 42.6 Å². The maximum Gasteiger partial charge on any atom is 0.222 e. The summed E-state index contributed by atoms with van der Waals surface area (Å²) in [5.41, 5.74) is 4.04. The predicted molar refractivity (Wildman–Crippen MR) is 102 cm³/mol. The lowest BCUT2D eigenvalue weighted by Gasteiger charge is -2.35. The van der Waals surface area contributed by atoms with Gasteiger partial charge in [0.05, 0.1) is 24.3 Å². The van der Waals surface area contributed by atoms with Crippen molar-refractivity contribution in [2.75, 3.05) is 19.7 Å². The van der Waals surface area contributed by atoms with Gasteiger partial charge in [0, 0.05) is 36.3 Å². The van der Waals surface area contributed by atoms with E-state index in [2.05, 4.69) is 0 Å². The van der Waals surface area contributed by atoms with Crippen LogP contribution in [-0.4, -0.2) is 40.5 Å². The first-order valence-corrected chi connectivity index (χ1v) is 9.94. The quantitative estimate of drug-likeness (QED) is 0.840. The van der Waals surface area contributed by atoms with Gasteiger partial charge in [0.1, 0.15) is 0 Å². The molecule has 0 radical (unpaired) electrons. The Hall–Kier alpha value is -2.27. The van der Waals surface area contributed by atoms with Crippen LogP contribution in [0.4, 0.5) is 0 Å². The topological polar surface area (TPSA) is 55.3 Å². The highest BCUT2D eigenvalue weighted by Gasteiger charge is 2.47. The van der Waals surface area contributed by atoms with Gasteiger partial charge in [-0.2, -0.15) is 0 Å². The molecule has 1 aromatic carbocycles. The molecule has 3 aliphatic rings. The summed E-state index contributed by atoms with van der Waals surface area (Å²) in [6.07, 6.45) is 4.05. The summed E-state index contributed by atoms with van der Waals surface area (Å²) in [5, 5.41) is 0. The standard InChI is InChI=1S/C22H25N3O2/c1-15-18-12-27-14-22(9-10-25(13-22)19(26)11-16-7-8-16)20(18)24-21(23-15)17-5-3-2-4-6-17/h2-6,16H,7-14H2,1H3. The minimum Gasteiger partial charge on any atom is -0.376 e. The molecule has 1 saturated heterocycles. The number of aryl methyl sites for hydroxylation is 1. The minimum absolute atomic E-state index is 0.190. The van der Waals surface area contributed by atoms with Gasteiger partial charge in [0.25, 0.3) is 0 Å². The lowest BCUT2D eigenvalue weighted by atomic mass is 9.80. The normalized spacial score (nSPS) is 24.3. The smallest absolute Gasteiger partial charge is 0.222 e. The summed E-state index contributed by atoms with van der Waals surface area (Å²) in [6, 6.07) is 10.1. The molecular weight excluding hydrogens is 338 g/mol. The molecule has 1 spiro atoms. The second kappa shape index (κ2) is 6.41. The minimum atomic E-state index is -0.190. The molecule has 2 aliphatic heterocycles. The highest BCUT2D eigenvalue weighted by Crippen LogP contribution is 2.41. The Bertz CT molecular complexity index is 879. The maximum absolute atomic E-state index is 12.6. The lowest BCUT2D eigenvalue weighted by molar-refractivity contribution is -0.130. The highest BCUT2D eigenvalue weighted by atomic mass is 16.5. The zero-order valence-corrected chi connectivity index (χ0v) is 15.8. The first-order valence-electron chi connectivity index (χ1n) is 9.94. The van der Waals surface area contributed by atoms with Crippen molar-refractivity contribution in [3.05, 3.63) is 47.3 Å². The summed E-state index contributed by atoms with van der Waals surface area (Å²) in [6.45, 7) is 4.76. The second-order valence-electron chi connectivity index (χ2n) is 8.31. The van der Waals surface area contributed by atoms with Gasteiger partial charge in [-0.25, -0.2) is 9.97 Å². The van der Waals surface area contributed by atoms with Crippen molar-refractivity contribution in [2.24, 2.45) is 5.92 Å². The van der Waals surface area contributed by atoms with Crippen LogP contribution in [0.15, 0.2) is 30.3 Å². The summed E-state index contributed by atoms with van der Waals surface area (Å²) >= 11 is 0. The fraction of sp³-hybridized carbons (Fsp3) is 0.500. The van der Waals surface area contributed by atoms with Crippen LogP contribution in [0, 0.1) is 12.8 Å². The van der Waals surface area contributed by atoms with E-state index in [1.807, 2.05) is 42.2 Å². The number of carbonyl (C=O) groups excluding carboxylic acids is 1. The molecule has 140 valence electrons. The van der Waals surface area contributed by atoms with E-state index in [0.717, 1.165) is 47.8 Å². The van der Waals surface area contributed by atoms with Crippen LogP contribution >= 0.6 is 0 Å². The molecule has 3 heterocycles. The zero-order chi connectivity index (χ0) is 18.4. The average molecular weight is 363 g/mol. The molecule has 2 fully saturated rings. The number of nitrogens with zero attached hydrogens (tertiary/aromatic N) is 3. The molecular formula is C22H25N3O2. The molecule has 5 rings (SSSR count). The molecule has 0 bridgehead atoms. The van der Waals surface area contributed by atoms with Crippen LogP contribution in [-0.2, 0) is 21.6 Å². The van der Waals surface area contributed by atoms with Crippen LogP contribution in [0.3, 0.4) is 0 Å².